The summed E-state index contributed by atoms with van der Waals surface area (Å²) in [5.74, 6) is 0.855. The molecule has 1 aromatic heterocycles. The Balaban J connectivity index is 1.72. The van der Waals surface area contributed by atoms with E-state index in [1.807, 2.05) is 0 Å². The Morgan fingerprint density at radius 1 is 1.28 bits per heavy atom. The number of nitro groups is 1. The zero-order valence-corrected chi connectivity index (χ0v) is 17.8. The lowest BCUT2D eigenvalue weighted by Gasteiger charge is -2.05. The minimum Gasteiger partial charge on any atom is -0.496 e. The van der Waals surface area contributed by atoms with E-state index in [9.17, 15) is 14.9 Å². The molecule has 1 amide bonds. The molecular weight excluding hydrogens is 513 g/mol. The van der Waals surface area contributed by atoms with Crippen molar-refractivity contribution < 1.29 is 18.9 Å². The van der Waals surface area contributed by atoms with Gasteiger partial charge in [-0.1, -0.05) is 11.6 Å². The van der Waals surface area contributed by atoms with Crippen LogP contribution in [0.25, 0.3) is 11.3 Å². The first kappa shape index (κ1) is 20.8. The molecule has 0 saturated carbocycles. The molecule has 2 aromatic carbocycles. The van der Waals surface area contributed by atoms with Gasteiger partial charge in [0, 0.05) is 23.3 Å². The third-order valence-corrected chi connectivity index (χ3v) is 5.04. The zero-order chi connectivity index (χ0) is 21.0. The van der Waals surface area contributed by atoms with Gasteiger partial charge < -0.3 is 9.15 Å². The predicted molar refractivity (Wildman–Crippen MR) is 117 cm³/mol. The van der Waals surface area contributed by atoms with E-state index >= 15 is 0 Å². The number of furan rings is 1. The Hall–Kier alpha value is -2.92. The van der Waals surface area contributed by atoms with Crippen LogP contribution in [0.3, 0.4) is 0 Å². The normalized spacial score (nSPS) is 10.9. The highest BCUT2D eigenvalue weighted by Gasteiger charge is 2.14. The number of hydrazone groups is 1. The Bertz CT molecular complexity index is 1110. The SMILES string of the molecule is COc1cc(C(=O)N/N=C\c2ccc(-c3cc([N+](=O)[O-])ccc3Cl)o2)ccc1I. The highest BCUT2D eigenvalue weighted by atomic mass is 127. The van der Waals surface area contributed by atoms with Gasteiger partial charge in [-0.15, -0.1) is 0 Å². The van der Waals surface area contributed by atoms with Crippen molar-refractivity contribution in [3.8, 4) is 17.1 Å². The van der Waals surface area contributed by atoms with Crippen LogP contribution < -0.4 is 10.2 Å². The minimum atomic E-state index is -0.514. The van der Waals surface area contributed by atoms with Crippen LogP contribution in [0.4, 0.5) is 5.69 Å². The van der Waals surface area contributed by atoms with Crippen molar-refractivity contribution in [3.63, 3.8) is 0 Å². The fourth-order valence-corrected chi connectivity index (χ4v) is 3.17. The van der Waals surface area contributed by atoms with Crippen molar-refractivity contribution in [1.29, 1.82) is 0 Å². The number of halogens is 2. The molecule has 0 aliphatic carbocycles. The fraction of sp³-hybridized carbons (Fsp3) is 0.0526. The largest absolute Gasteiger partial charge is 0.496 e. The van der Waals surface area contributed by atoms with Crippen LogP contribution in [0.15, 0.2) is 58.0 Å². The van der Waals surface area contributed by atoms with Gasteiger partial charge >= 0.3 is 0 Å². The molecular formula is C19H13ClIN3O5. The molecule has 8 nitrogen and oxygen atoms in total. The molecule has 0 saturated heterocycles. The van der Waals surface area contributed by atoms with Gasteiger partial charge in [-0.05, 0) is 59.0 Å². The van der Waals surface area contributed by atoms with Crippen LogP contribution in [0.5, 0.6) is 5.75 Å². The molecule has 0 radical (unpaired) electrons. The number of hydrogen-bond acceptors (Lipinski definition) is 6. The lowest BCUT2D eigenvalue weighted by molar-refractivity contribution is -0.384. The second-order valence-corrected chi connectivity index (χ2v) is 7.24. The highest BCUT2D eigenvalue weighted by Crippen LogP contribution is 2.32. The van der Waals surface area contributed by atoms with E-state index in [2.05, 4.69) is 33.1 Å². The molecule has 0 spiro atoms. The number of ether oxygens (including phenoxy) is 1. The summed E-state index contributed by atoms with van der Waals surface area (Å²) in [5.41, 5.74) is 3.08. The number of non-ortho nitro benzene ring substituents is 1. The van der Waals surface area contributed by atoms with Gasteiger partial charge in [0.1, 0.15) is 17.3 Å². The Morgan fingerprint density at radius 2 is 2.07 bits per heavy atom. The van der Waals surface area contributed by atoms with Crippen LogP contribution in [0.1, 0.15) is 16.1 Å². The van der Waals surface area contributed by atoms with Crippen LogP contribution in [-0.2, 0) is 0 Å². The number of hydrogen-bond donors (Lipinski definition) is 1. The maximum atomic E-state index is 12.2. The van der Waals surface area contributed by atoms with Crippen LogP contribution in [-0.4, -0.2) is 24.2 Å². The van der Waals surface area contributed by atoms with E-state index in [0.717, 1.165) is 3.57 Å². The molecule has 10 heteroatoms. The van der Waals surface area contributed by atoms with Crippen molar-refractivity contribution in [3.05, 3.63) is 78.6 Å². The third-order valence-electron chi connectivity index (χ3n) is 3.82. The second-order valence-electron chi connectivity index (χ2n) is 5.67. The lowest BCUT2D eigenvalue weighted by atomic mass is 10.1. The first-order valence-corrected chi connectivity index (χ1v) is 9.56. The number of carbonyl (C=O) groups excluding carboxylic acids is 1. The van der Waals surface area contributed by atoms with Crippen LogP contribution in [0, 0.1) is 13.7 Å². The van der Waals surface area contributed by atoms with E-state index in [1.54, 1.807) is 30.3 Å². The third kappa shape index (κ3) is 4.93. The average Bonchev–Trinajstić information content (AvgIpc) is 3.17. The Morgan fingerprint density at radius 3 is 2.79 bits per heavy atom. The number of nitro benzene ring substituents is 1. The predicted octanol–water partition coefficient (Wildman–Crippen LogP) is 4.89. The maximum absolute atomic E-state index is 12.2. The van der Waals surface area contributed by atoms with E-state index in [-0.39, 0.29) is 5.69 Å². The first-order chi connectivity index (χ1) is 13.9. The van der Waals surface area contributed by atoms with Gasteiger partial charge in [-0.25, -0.2) is 5.43 Å². The summed E-state index contributed by atoms with van der Waals surface area (Å²) >= 11 is 8.22. The van der Waals surface area contributed by atoms with Crippen LogP contribution in [0.2, 0.25) is 5.02 Å². The van der Waals surface area contributed by atoms with Crippen molar-refractivity contribution in [2.45, 2.75) is 0 Å². The fourth-order valence-electron chi connectivity index (χ4n) is 2.40. The quantitative estimate of drug-likeness (QED) is 0.214. The van der Waals surface area contributed by atoms with Crippen LogP contribution >= 0.6 is 34.2 Å². The van der Waals surface area contributed by atoms with E-state index in [1.165, 1.54) is 31.5 Å². The van der Waals surface area contributed by atoms with Gasteiger partial charge in [0.25, 0.3) is 11.6 Å². The summed E-state index contributed by atoms with van der Waals surface area (Å²) in [6.07, 6.45) is 1.32. The monoisotopic (exact) mass is 525 g/mol. The zero-order valence-electron chi connectivity index (χ0n) is 14.9. The number of carbonyl (C=O) groups is 1. The molecule has 0 unspecified atom stereocenters. The second kappa shape index (κ2) is 9.05. The van der Waals surface area contributed by atoms with Crippen molar-refractivity contribution >= 4 is 52.0 Å². The Kier molecular flexibility index (Phi) is 6.49. The number of nitrogens with one attached hydrogen (secondary N) is 1. The molecule has 1 N–H and O–H groups in total. The number of methoxy groups -OCH3 is 1. The summed E-state index contributed by atoms with van der Waals surface area (Å²) in [5, 5.41) is 15.1. The lowest BCUT2D eigenvalue weighted by Crippen LogP contribution is -2.17. The van der Waals surface area contributed by atoms with Crippen molar-refractivity contribution in [2.24, 2.45) is 5.10 Å². The van der Waals surface area contributed by atoms with Crippen molar-refractivity contribution in [1.82, 2.24) is 5.43 Å². The highest BCUT2D eigenvalue weighted by molar-refractivity contribution is 14.1. The molecule has 3 rings (SSSR count). The molecule has 0 aliphatic rings. The van der Waals surface area contributed by atoms with E-state index in [0.29, 0.717) is 33.4 Å². The van der Waals surface area contributed by atoms with Gasteiger partial charge in [0.15, 0.2) is 0 Å². The molecule has 0 atom stereocenters. The topological polar surface area (TPSA) is 107 Å². The van der Waals surface area contributed by atoms with Gasteiger partial charge in [-0.2, -0.15) is 5.10 Å². The molecule has 29 heavy (non-hydrogen) atoms. The smallest absolute Gasteiger partial charge is 0.271 e. The number of rotatable bonds is 6. The van der Waals surface area contributed by atoms with E-state index in [4.69, 9.17) is 20.8 Å². The summed E-state index contributed by atoms with van der Waals surface area (Å²) in [6.45, 7) is 0. The average molecular weight is 526 g/mol. The summed E-state index contributed by atoms with van der Waals surface area (Å²) in [7, 11) is 1.53. The number of benzene rings is 2. The molecule has 0 fully saturated rings. The molecule has 3 aromatic rings. The van der Waals surface area contributed by atoms with Crippen molar-refractivity contribution in [2.75, 3.05) is 7.11 Å². The van der Waals surface area contributed by atoms with Gasteiger partial charge in [0.2, 0.25) is 0 Å². The maximum Gasteiger partial charge on any atom is 0.271 e. The first-order valence-electron chi connectivity index (χ1n) is 8.10. The summed E-state index contributed by atoms with van der Waals surface area (Å²) in [4.78, 5) is 22.6. The Labute approximate surface area is 183 Å². The number of amides is 1. The summed E-state index contributed by atoms with van der Waals surface area (Å²) in [6, 6.07) is 12.3. The van der Waals surface area contributed by atoms with E-state index < -0.39 is 10.8 Å². The molecule has 1 heterocycles. The van der Waals surface area contributed by atoms with Gasteiger partial charge in [0.05, 0.1) is 26.8 Å². The molecule has 148 valence electrons. The summed E-state index contributed by atoms with van der Waals surface area (Å²) < 4.78 is 11.7. The molecule has 0 aliphatic heterocycles. The van der Waals surface area contributed by atoms with Gasteiger partial charge in [-0.3, -0.25) is 14.9 Å². The molecule has 0 bridgehead atoms. The standard InChI is InChI=1S/C19H13ClIN3O5/c1-28-18-8-11(2-6-16(18)21)19(25)23-22-10-13-4-7-17(29-13)14-9-12(24(26)27)3-5-15(14)20/h2-10H,1H3,(H,23,25)/b22-10-. The minimum absolute atomic E-state index is 0.101. The number of nitrogens with zero attached hydrogens (tertiary/aromatic N) is 2.